The van der Waals surface area contributed by atoms with Crippen molar-refractivity contribution in [3.63, 3.8) is 0 Å². The fourth-order valence-electron chi connectivity index (χ4n) is 2.56. The molecule has 4 N–H and O–H groups in total. The molecule has 0 aliphatic heterocycles. The topological polar surface area (TPSA) is 112 Å². The lowest BCUT2D eigenvalue weighted by Crippen LogP contribution is -2.32. The second-order valence-corrected chi connectivity index (χ2v) is 6.73. The molecular weight excluding hydrogens is 380 g/mol. The molecule has 0 atom stereocenters. The highest BCUT2D eigenvalue weighted by molar-refractivity contribution is 6.02. The molecule has 30 heavy (non-hydrogen) atoms. The summed E-state index contributed by atoms with van der Waals surface area (Å²) in [7, 11) is 0. The number of nitrogens with zero attached hydrogens (tertiary/aromatic N) is 3. The van der Waals surface area contributed by atoms with Gasteiger partial charge in [-0.15, -0.1) is 0 Å². The molecule has 0 aliphatic rings. The van der Waals surface area contributed by atoms with Crippen molar-refractivity contribution in [1.29, 1.82) is 0 Å². The van der Waals surface area contributed by atoms with Crippen LogP contribution in [0.2, 0.25) is 0 Å². The SMILES string of the molecule is C/C=C\c1ncnc(NCC/C(C)=C/N=C(C)NC(=O)Nc2cccc(O)c2)c1C. The molecule has 1 aromatic heterocycles. The van der Waals surface area contributed by atoms with Crippen molar-refractivity contribution >= 4 is 29.4 Å². The number of phenols is 1. The number of aromatic hydroxyl groups is 1. The zero-order valence-corrected chi connectivity index (χ0v) is 17.7. The summed E-state index contributed by atoms with van der Waals surface area (Å²) in [4.78, 5) is 24.8. The number of amidine groups is 1. The van der Waals surface area contributed by atoms with Crippen molar-refractivity contribution in [2.24, 2.45) is 4.99 Å². The second kappa shape index (κ2) is 11.4. The van der Waals surface area contributed by atoms with Gasteiger partial charge in [0.2, 0.25) is 0 Å². The average molecular weight is 409 g/mol. The maximum absolute atomic E-state index is 12.0. The van der Waals surface area contributed by atoms with E-state index in [1.807, 2.05) is 32.9 Å². The molecule has 0 saturated heterocycles. The fourth-order valence-corrected chi connectivity index (χ4v) is 2.56. The van der Waals surface area contributed by atoms with Gasteiger partial charge in [-0.05, 0) is 52.3 Å². The summed E-state index contributed by atoms with van der Waals surface area (Å²) in [5, 5.41) is 18.0. The van der Waals surface area contributed by atoms with Crippen molar-refractivity contribution in [2.75, 3.05) is 17.2 Å². The highest BCUT2D eigenvalue weighted by Crippen LogP contribution is 2.16. The van der Waals surface area contributed by atoms with Crippen molar-refractivity contribution in [3.8, 4) is 5.75 Å². The van der Waals surface area contributed by atoms with Crippen molar-refractivity contribution < 1.29 is 9.90 Å². The lowest BCUT2D eigenvalue weighted by molar-refractivity contribution is 0.256. The number of nitrogens with one attached hydrogen (secondary N) is 3. The molecule has 8 heteroatoms. The van der Waals surface area contributed by atoms with Crippen LogP contribution in [0.15, 0.2) is 53.4 Å². The molecule has 1 heterocycles. The first kappa shape index (κ1) is 22.6. The number of carbonyl (C=O) groups is 1. The lowest BCUT2D eigenvalue weighted by Gasteiger charge is -2.10. The van der Waals surface area contributed by atoms with E-state index in [9.17, 15) is 9.90 Å². The second-order valence-electron chi connectivity index (χ2n) is 6.73. The Labute approximate surface area is 176 Å². The summed E-state index contributed by atoms with van der Waals surface area (Å²) in [5.74, 6) is 1.36. The Hall–Kier alpha value is -3.68. The van der Waals surface area contributed by atoms with E-state index in [1.165, 1.54) is 12.1 Å². The molecule has 2 rings (SSSR count). The van der Waals surface area contributed by atoms with Gasteiger partial charge in [0.05, 0.1) is 5.69 Å². The standard InChI is InChI=1S/C22H28N6O2/c1-5-7-20-16(3)21(26-14-25-20)23-11-10-15(2)13-24-17(4)27-22(30)28-18-8-6-9-19(29)12-18/h5-9,12-14,29H,10-11H2,1-4H3,(H,23,25,26)(H2,24,27,28,30)/b7-5-,15-13+. The van der Waals surface area contributed by atoms with E-state index < -0.39 is 6.03 Å². The largest absolute Gasteiger partial charge is 0.508 e. The van der Waals surface area contributed by atoms with Crippen molar-refractivity contribution in [2.45, 2.75) is 34.1 Å². The monoisotopic (exact) mass is 408 g/mol. The van der Waals surface area contributed by atoms with Crippen LogP contribution in [-0.2, 0) is 0 Å². The third-order valence-electron chi connectivity index (χ3n) is 4.14. The number of phenolic OH excluding ortho intramolecular Hbond substituents is 1. The molecule has 2 aromatic rings. The number of aromatic nitrogens is 2. The van der Waals surface area contributed by atoms with Gasteiger partial charge in [-0.2, -0.15) is 0 Å². The molecule has 0 fully saturated rings. The molecule has 0 spiro atoms. The zero-order valence-electron chi connectivity index (χ0n) is 17.7. The van der Waals surface area contributed by atoms with Crippen LogP contribution in [0.1, 0.15) is 38.4 Å². The van der Waals surface area contributed by atoms with E-state index in [4.69, 9.17) is 0 Å². The van der Waals surface area contributed by atoms with E-state index in [1.54, 1.807) is 31.6 Å². The van der Waals surface area contributed by atoms with Gasteiger partial charge < -0.3 is 15.7 Å². The third kappa shape index (κ3) is 7.38. The van der Waals surface area contributed by atoms with Gasteiger partial charge in [-0.3, -0.25) is 5.32 Å². The summed E-state index contributed by atoms with van der Waals surface area (Å²) in [5.41, 5.74) is 3.46. The zero-order chi connectivity index (χ0) is 21.9. The number of carbonyl (C=O) groups excluding carboxylic acids is 1. The number of benzene rings is 1. The summed E-state index contributed by atoms with van der Waals surface area (Å²) < 4.78 is 0. The molecule has 8 nitrogen and oxygen atoms in total. The summed E-state index contributed by atoms with van der Waals surface area (Å²) in [6.45, 7) is 8.33. The Morgan fingerprint density at radius 2 is 2.07 bits per heavy atom. The lowest BCUT2D eigenvalue weighted by atomic mass is 10.2. The van der Waals surface area contributed by atoms with Gasteiger partial charge >= 0.3 is 6.03 Å². The molecule has 1 aromatic carbocycles. The molecule has 0 radical (unpaired) electrons. The predicted octanol–water partition coefficient (Wildman–Crippen LogP) is 4.47. The highest BCUT2D eigenvalue weighted by Gasteiger charge is 2.05. The smallest absolute Gasteiger partial charge is 0.324 e. The molecule has 0 bridgehead atoms. The Balaban J connectivity index is 1.83. The Bertz CT molecular complexity index is 966. The van der Waals surface area contributed by atoms with E-state index in [2.05, 4.69) is 30.9 Å². The van der Waals surface area contributed by atoms with Crippen LogP contribution in [0.5, 0.6) is 5.75 Å². The Morgan fingerprint density at radius 3 is 2.80 bits per heavy atom. The van der Waals surface area contributed by atoms with E-state index in [-0.39, 0.29) is 5.75 Å². The molecule has 0 unspecified atom stereocenters. The number of amides is 2. The van der Waals surface area contributed by atoms with E-state index in [0.717, 1.165) is 29.1 Å². The van der Waals surface area contributed by atoms with Gasteiger partial charge in [-0.25, -0.2) is 19.8 Å². The quantitative estimate of drug-likeness (QED) is 0.399. The average Bonchev–Trinajstić information content (AvgIpc) is 2.69. The van der Waals surface area contributed by atoms with Crippen LogP contribution in [0.3, 0.4) is 0 Å². The minimum Gasteiger partial charge on any atom is -0.508 e. The maximum Gasteiger partial charge on any atom is 0.324 e. The third-order valence-corrected chi connectivity index (χ3v) is 4.14. The highest BCUT2D eigenvalue weighted by atomic mass is 16.3. The minimum atomic E-state index is -0.425. The number of allylic oxidation sites excluding steroid dienone is 1. The van der Waals surface area contributed by atoms with Gasteiger partial charge in [0.15, 0.2) is 0 Å². The molecule has 0 aliphatic carbocycles. The number of anilines is 2. The Morgan fingerprint density at radius 1 is 1.27 bits per heavy atom. The maximum atomic E-state index is 12.0. The van der Waals surface area contributed by atoms with Crippen LogP contribution in [0, 0.1) is 6.92 Å². The summed E-state index contributed by atoms with van der Waals surface area (Å²) >= 11 is 0. The van der Waals surface area contributed by atoms with Gasteiger partial charge in [0.1, 0.15) is 23.7 Å². The number of rotatable bonds is 7. The van der Waals surface area contributed by atoms with Crippen LogP contribution < -0.4 is 16.0 Å². The van der Waals surface area contributed by atoms with Crippen LogP contribution in [0.25, 0.3) is 6.08 Å². The van der Waals surface area contributed by atoms with Gasteiger partial charge in [-0.1, -0.05) is 17.7 Å². The molecule has 2 amide bonds. The normalized spacial score (nSPS) is 12.1. The van der Waals surface area contributed by atoms with Crippen molar-refractivity contribution in [1.82, 2.24) is 15.3 Å². The van der Waals surface area contributed by atoms with Crippen LogP contribution in [-0.4, -0.2) is 33.5 Å². The van der Waals surface area contributed by atoms with Crippen LogP contribution >= 0.6 is 0 Å². The first-order valence-electron chi connectivity index (χ1n) is 9.64. The predicted molar refractivity (Wildman–Crippen MR) is 122 cm³/mol. The van der Waals surface area contributed by atoms with Gasteiger partial charge in [0.25, 0.3) is 0 Å². The van der Waals surface area contributed by atoms with Crippen LogP contribution in [0.4, 0.5) is 16.3 Å². The first-order valence-corrected chi connectivity index (χ1v) is 9.64. The minimum absolute atomic E-state index is 0.0839. The first-order chi connectivity index (χ1) is 14.4. The number of aliphatic imine (C=N–C) groups is 1. The number of hydrogen-bond acceptors (Lipinski definition) is 6. The van der Waals surface area contributed by atoms with Gasteiger partial charge in [0, 0.05) is 30.1 Å². The Kier molecular flexibility index (Phi) is 8.56. The number of urea groups is 1. The fraction of sp³-hybridized carbons (Fsp3) is 0.273. The van der Waals surface area contributed by atoms with E-state index in [0.29, 0.717) is 18.1 Å². The summed E-state index contributed by atoms with van der Waals surface area (Å²) in [6.07, 6.45) is 7.95. The summed E-state index contributed by atoms with van der Waals surface area (Å²) in [6, 6.07) is 5.90. The number of hydrogen-bond donors (Lipinski definition) is 4. The molecule has 0 saturated carbocycles. The van der Waals surface area contributed by atoms with E-state index >= 15 is 0 Å². The molecule has 158 valence electrons. The molecular formula is C22H28N6O2. The van der Waals surface area contributed by atoms with Crippen molar-refractivity contribution in [3.05, 3.63) is 59.7 Å².